The summed E-state index contributed by atoms with van der Waals surface area (Å²) in [5.41, 5.74) is 0. The zero-order valence-corrected chi connectivity index (χ0v) is 5.26. The summed E-state index contributed by atoms with van der Waals surface area (Å²) in [5.74, 6) is 0.592. The third kappa shape index (κ3) is 1.29. The second kappa shape index (κ2) is 2.63. The zero-order chi connectivity index (χ0) is 6.69. The number of carbonyl (C=O) groups excluding carboxylic acids is 1. The highest BCUT2D eigenvalue weighted by molar-refractivity contribution is 5.86. The number of nitrogens with zero attached hydrogens (tertiary/aromatic N) is 1. The first-order valence-corrected chi connectivity index (χ1v) is 3.24. The molecule has 0 spiro atoms. The first kappa shape index (κ1) is 6.28. The molecule has 0 amide bonds. The molecule has 0 radical (unpaired) electrons. The average Bonchev–Trinajstić information content (AvgIpc) is 1.86. The monoisotopic (exact) mass is 123 g/mol. The van der Waals surface area contributed by atoms with Crippen LogP contribution in [0.25, 0.3) is 0 Å². The summed E-state index contributed by atoms with van der Waals surface area (Å²) in [6, 6.07) is 2.04. The van der Waals surface area contributed by atoms with Gasteiger partial charge in [-0.05, 0) is 12.8 Å². The van der Waals surface area contributed by atoms with Crippen LogP contribution in [-0.4, -0.2) is 5.78 Å². The van der Waals surface area contributed by atoms with Crippen molar-refractivity contribution in [1.29, 1.82) is 5.26 Å². The Morgan fingerprint density at radius 1 is 1.78 bits per heavy atom. The van der Waals surface area contributed by atoms with Gasteiger partial charge in [0.05, 0.1) is 6.07 Å². The summed E-state index contributed by atoms with van der Waals surface area (Å²) in [5, 5.41) is 8.16. The van der Waals surface area contributed by atoms with Gasteiger partial charge in [0.2, 0.25) is 0 Å². The number of nitriles is 1. The minimum atomic E-state index is 0.240. The Labute approximate surface area is 54.5 Å². The van der Waals surface area contributed by atoms with E-state index in [1.165, 1.54) is 0 Å². The van der Waals surface area contributed by atoms with E-state index in [2.05, 4.69) is 0 Å². The molecular weight excluding hydrogens is 114 g/mol. The minimum Gasteiger partial charge on any atom is -0.299 e. The van der Waals surface area contributed by atoms with E-state index in [1.807, 2.05) is 6.07 Å². The highest BCUT2D eigenvalue weighted by Crippen LogP contribution is 2.26. The summed E-state index contributed by atoms with van der Waals surface area (Å²) in [4.78, 5) is 10.6. The van der Waals surface area contributed by atoms with Crippen LogP contribution in [0.15, 0.2) is 0 Å². The lowest BCUT2D eigenvalue weighted by Gasteiger charge is -2.22. The third-order valence-electron chi connectivity index (χ3n) is 1.80. The molecule has 1 aliphatic carbocycles. The second-order valence-electron chi connectivity index (χ2n) is 2.40. The summed E-state index contributed by atoms with van der Waals surface area (Å²) < 4.78 is 0. The van der Waals surface area contributed by atoms with Crippen LogP contribution < -0.4 is 0 Å². The first-order valence-electron chi connectivity index (χ1n) is 3.24. The van der Waals surface area contributed by atoms with Crippen LogP contribution in [0.1, 0.15) is 25.7 Å². The van der Waals surface area contributed by atoms with Gasteiger partial charge in [-0.1, -0.05) is 0 Å². The van der Waals surface area contributed by atoms with E-state index in [0.717, 1.165) is 19.3 Å². The molecule has 1 rings (SSSR count). The standard InChI is InChI=1S/C7H9NO/c8-5-1-2-6-3-4-7(6)9/h6H,1-4H2/t6-/m0/s1. The highest BCUT2D eigenvalue weighted by atomic mass is 16.1. The topological polar surface area (TPSA) is 40.9 Å². The molecule has 0 bridgehead atoms. The largest absolute Gasteiger partial charge is 0.299 e. The Balaban J connectivity index is 2.15. The van der Waals surface area contributed by atoms with E-state index in [4.69, 9.17) is 5.26 Å². The zero-order valence-electron chi connectivity index (χ0n) is 5.26. The predicted octanol–water partition coefficient (Wildman–Crippen LogP) is 1.27. The molecule has 0 aromatic carbocycles. The second-order valence-corrected chi connectivity index (χ2v) is 2.40. The number of rotatable bonds is 2. The number of hydrogen-bond acceptors (Lipinski definition) is 2. The molecule has 1 fully saturated rings. The molecule has 1 aliphatic rings. The minimum absolute atomic E-state index is 0.240. The highest BCUT2D eigenvalue weighted by Gasteiger charge is 2.26. The van der Waals surface area contributed by atoms with Crippen LogP contribution in [0.3, 0.4) is 0 Å². The quantitative estimate of drug-likeness (QED) is 0.554. The molecule has 2 heteroatoms. The van der Waals surface area contributed by atoms with Gasteiger partial charge >= 0.3 is 0 Å². The van der Waals surface area contributed by atoms with Gasteiger partial charge in [-0.15, -0.1) is 0 Å². The van der Waals surface area contributed by atoms with Gasteiger partial charge in [0.15, 0.2) is 0 Å². The lowest BCUT2D eigenvalue weighted by molar-refractivity contribution is -0.129. The molecule has 0 aromatic rings. The Bertz CT molecular complexity index is 157. The van der Waals surface area contributed by atoms with Gasteiger partial charge in [0, 0.05) is 18.8 Å². The first-order chi connectivity index (χ1) is 4.34. The normalized spacial score (nSPS) is 24.8. The molecule has 0 heterocycles. The fourth-order valence-corrected chi connectivity index (χ4v) is 1.01. The molecule has 0 saturated heterocycles. The summed E-state index contributed by atoms with van der Waals surface area (Å²) in [6.45, 7) is 0. The van der Waals surface area contributed by atoms with E-state index in [-0.39, 0.29) is 5.92 Å². The van der Waals surface area contributed by atoms with Crippen molar-refractivity contribution >= 4 is 5.78 Å². The van der Waals surface area contributed by atoms with Crippen molar-refractivity contribution in [3.05, 3.63) is 0 Å². The van der Waals surface area contributed by atoms with Crippen LogP contribution >= 0.6 is 0 Å². The maximum Gasteiger partial charge on any atom is 0.136 e. The lowest BCUT2D eigenvalue weighted by Crippen LogP contribution is -2.24. The van der Waals surface area contributed by atoms with Crippen molar-refractivity contribution < 1.29 is 4.79 Å². The van der Waals surface area contributed by atoms with E-state index in [1.54, 1.807) is 0 Å². The molecule has 1 atom stereocenters. The molecule has 0 aliphatic heterocycles. The van der Waals surface area contributed by atoms with Gasteiger partial charge in [0.1, 0.15) is 5.78 Å². The van der Waals surface area contributed by atoms with Crippen LogP contribution in [0, 0.1) is 17.2 Å². The van der Waals surface area contributed by atoms with Crippen LogP contribution in [-0.2, 0) is 4.79 Å². The molecular formula is C7H9NO. The van der Waals surface area contributed by atoms with Crippen molar-refractivity contribution in [2.75, 3.05) is 0 Å². The Morgan fingerprint density at radius 2 is 2.56 bits per heavy atom. The van der Waals surface area contributed by atoms with E-state index < -0.39 is 0 Å². The maximum atomic E-state index is 10.6. The molecule has 1 saturated carbocycles. The van der Waals surface area contributed by atoms with Crippen molar-refractivity contribution in [3.8, 4) is 6.07 Å². The van der Waals surface area contributed by atoms with Crippen molar-refractivity contribution in [1.82, 2.24) is 0 Å². The fourth-order valence-electron chi connectivity index (χ4n) is 1.01. The van der Waals surface area contributed by atoms with Crippen molar-refractivity contribution in [2.24, 2.45) is 5.92 Å². The summed E-state index contributed by atoms with van der Waals surface area (Å²) in [7, 11) is 0. The van der Waals surface area contributed by atoms with Gasteiger partial charge in [-0.2, -0.15) is 5.26 Å². The van der Waals surface area contributed by atoms with Crippen LogP contribution in [0.5, 0.6) is 0 Å². The van der Waals surface area contributed by atoms with Gasteiger partial charge in [-0.3, -0.25) is 4.79 Å². The Morgan fingerprint density at radius 3 is 2.89 bits per heavy atom. The molecule has 0 N–H and O–H groups in total. The average molecular weight is 123 g/mol. The smallest absolute Gasteiger partial charge is 0.136 e. The SMILES string of the molecule is N#CCC[C@H]1CCC1=O. The van der Waals surface area contributed by atoms with E-state index in [9.17, 15) is 4.79 Å². The van der Waals surface area contributed by atoms with Gasteiger partial charge in [0.25, 0.3) is 0 Å². The molecule has 48 valence electrons. The molecule has 0 aromatic heterocycles. The fraction of sp³-hybridized carbons (Fsp3) is 0.714. The van der Waals surface area contributed by atoms with Gasteiger partial charge < -0.3 is 0 Å². The summed E-state index contributed by atoms with van der Waals surface area (Å²) in [6.07, 6.45) is 3.09. The number of carbonyl (C=O) groups is 1. The number of hydrogen-bond donors (Lipinski definition) is 0. The number of Topliss-reactive ketones (excluding diaryl/α,β-unsaturated/α-hetero) is 1. The van der Waals surface area contributed by atoms with Crippen LogP contribution in [0.2, 0.25) is 0 Å². The molecule has 0 unspecified atom stereocenters. The lowest BCUT2D eigenvalue weighted by atomic mass is 9.81. The van der Waals surface area contributed by atoms with Crippen molar-refractivity contribution in [2.45, 2.75) is 25.7 Å². The summed E-state index contributed by atoms with van der Waals surface area (Å²) >= 11 is 0. The molecule has 9 heavy (non-hydrogen) atoms. The number of ketones is 1. The van der Waals surface area contributed by atoms with Gasteiger partial charge in [-0.25, -0.2) is 0 Å². The maximum absolute atomic E-state index is 10.6. The predicted molar refractivity (Wildman–Crippen MR) is 32.6 cm³/mol. The van der Waals surface area contributed by atoms with Crippen molar-refractivity contribution in [3.63, 3.8) is 0 Å². The van der Waals surface area contributed by atoms with Crippen LogP contribution in [0.4, 0.5) is 0 Å². The molecule has 2 nitrogen and oxygen atoms in total. The Kier molecular flexibility index (Phi) is 1.84. The third-order valence-corrected chi connectivity index (χ3v) is 1.80. The van der Waals surface area contributed by atoms with E-state index >= 15 is 0 Å². The van der Waals surface area contributed by atoms with E-state index in [0.29, 0.717) is 12.2 Å². The Hall–Kier alpha value is -0.840.